The minimum Gasteiger partial charge on any atom is -0.469 e. The van der Waals surface area contributed by atoms with Crippen LogP contribution in [0.5, 0.6) is 0 Å². The summed E-state index contributed by atoms with van der Waals surface area (Å²) in [7, 11) is 5.54. The topological polar surface area (TPSA) is 49.9 Å². The van der Waals surface area contributed by atoms with E-state index in [4.69, 9.17) is 4.74 Å². The first-order chi connectivity index (χ1) is 12.3. The van der Waals surface area contributed by atoms with Crippen LogP contribution in [-0.2, 0) is 14.3 Å². The second-order valence-corrected chi connectivity index (χ2v) is 9.53. The van der Waals surface area contributed by atoms with Crippen molar-refractivity contribution in [3.8, 4) is 0 Å². The van der Waals surface area contributed by atoms with E-state index in [1.165, 1.54) is 26.4 Å². The van der Waals surface area contributed by atoms with Gasteiger partial charge in [-0.1, -0.05) is 6.92 Å². The quantitative estimate of drug-likeness (QED) is 0.622. The van der Waals surface area contributed by atoms with Gasteiger partial charge >= 0.3 is 5.97 Å². The molecule has 0 spiro atoms. The molecule has 148 valence electrons. The third-order valence-corrected chi connectivity index (χ3v) is 6.91. The Kier molecular flexibility index (Phi) is 5.95. The standard InChI is InChI=1S/C21H36N2O3/c1-15(19(24)26-4)14-23(7-5-6-22(2)3)20(25)21-11-16-8-17(12-21)10-18(9-16)13-21/h15-18H,5-14H2,1-4H3. The lowest BCUT2D eigenvalue weighted by molar-refractivity contribution is -0.159. The molecule has 0 aliphatic heterocycles. The van der Waals surface area contributed by atoms with Gasteiger partial charge in [0.2, 0.25) is 5.91 Å². The van der Waals surface area contributed by atoms with Crippen molar-refractivity contribution in [2.45, 2.75) is 51.9 Å². The Balaban J connectivity index is 1.72. The summed E-state index contributed by atoms with van der Waals surface area (Å²) in [6, 6.07) is 0. The van der Waals surface area contributed by atoms with Crippen LogP contribution in [0.25, 0.3) is 0 Å². The van der Waals surface area contributed by atoms with Gasteiger partial charge in [-0.2, -0.15) is 0 Å². The van der Waals surface area contributed by atoms with Gasteiger partial charge in [-0.15, -0.1) is 0 Å². The van der Waals surface area contributed by atoms with Crippen LogP contribution in [0.1, 0.15) is 51.9 Å². The highest BCUT2D eigenvalue weighted by Gasteiger charge is 2.55. The first kappa shape index (κ1) is 19.7. The first-order valence-corrected chi connectivity index (χ1v) is 10.3. The van der Waals surface area contributed by atoms with Crippen molar-refractivity contribution in [3.05, 3.63) is 0 Å². The summed E-state index contributed by atoms with van der Waals surface area (Å²) in [5, 5.41) is 0. The van der Waals surface area contributed by atoms with Crippen LogP contribution >= 0.6 is 0 Å². The van der Waals surface area contributed by atoms with Crippen molar-refractivity contribution in [1.82, 2.24) is 9.80 Å². The van der Waals surface area contributed by atoms with Gasteiger partial charge in [0.1, 0.15) is 0 Å². The third-order valence-electron chi connectivity index (χ3n) is 6.91. The molecule has 1 unspecified atom stereocenters. The van der Waals surface area contributed by atoms with E-state index in [1.807, 2.05) is 11.8 Å². The van der Waals surface area contributed by atoms with Gasteiger partial charge in [-0.25, -0.2) is 0 Å². The Morgan fingerprint density at radius 2 is 1.58 bits per heavy atom. The van der Waals surface area contributed by atoms with Gasteiger partial charge in [-0.3, -0.25) is 9.59 Å². The average Bonchev–Trinajstić information content (AvgIpc) is 2.57. The molecule has 0 saturated heterocycles. The highest BCUT2D eigenvalue weighted by Crippen LogP contribution is 2.60. The Morgan fingerprint density at radius 3 is 2.04 bits per heavy atom. The molecular weight excluding hydrogens is 328 g/mol. The lowest BCUT2D eigenvalue weighted by Crippen LogP contribution is -2.55. The molecule has 0 radical (unpaired) electrons. The molecule has 0 aromatic rings. The van der Waals surface area contributed by atoms with E-state index in [1.54, 1.807) is 0 Å². The van der Waals surface area contributed by atoms with Gasteiger partial charge in [0.15, 0.2) is 0 Å². The zero-order valence-corrected chi connectivity index (χ0v) is 17.0. The lowest BCUT2D eigenvalue weighted by Gasteiger charge is -2.56. The van der Waals surface area contributed by atoms with Crippen LogP contribution in [0.4, 0.5) is 0 Å². The summed E-state index contributed by atoms with van der Waals surface area (Å²) in [5.41, 5.74) is -0.136. The molecule has 4 fully saturated rings. The smallest absolute Gasteiger partial charge is 0.310 e. The van der Waals surface area contributed by atoms with Gasteiger partial charge in [0.25, 0.3) is 0 Å². The van der Waals surface area contributed by atoms with Crippen molar-refractivity contribution in [2.24, 2.45) is 29.1 Å². The summed E-state index contributed by atoms with van der Waals surface area (Å²) >= 11 is 0. The van der Waals surface area contributed by atoms with E-state index in [-0.39, 0.29) is 17.3 Å². The molecule has 1 atom stereocenters. The van der Waals surface area contributed by atoms with Crippen LogP contribution in [0.3, 0.4) is 0 Å². The minimum atomic E-state index is -0.266. The third kappa shape index (κ3) is 4.08. The van der Waals surface area contributed by atoms with E-state index in [2.05, 4.69) is 19.0 Å². The SMILES string of the molecule is COC(=O)C(C)CN(CCCN(C)C)C(=O)C12CC3CC(CC(C3)C1)C2. The normalized spacial score (nSPS) is 33.3. The molecule has 0 heterocycles. The Hall–Kier alpha value is -1.10. The molecule has 5 nitrogen and oxygen atoms in total. The fraction of sp³-hybridized carbons (Fsp3) is 0.905. The summed E-state index contributed by atoms with van der Waals surface area (Å²) in [6.45, 7) is 4.05. The van der Waals surface area contributed by atoms with E-state index in [0.717, 1.165) is 56.5 Å². The number of hydrogen-bond donors (Lipinski definition) is 0. The van der Waals surface area contributed by atoms with Crippen LogP contribution < -0.4 is 0 Å². The fourth-order valence-electron chi connectivity index (χ4n) is 6.17. The molecule has 0 aromatic heterocycles. The molecule has 4 bridgehead atoms. The molecule has 4 saturated carbocycles. The number of hydrogen-bond acceptors (Lipinski definition) is 4. The number of ether oxygens (including phenoxy) is 1. The number of carbonyl (C=O) groups is 2. The van der Waals surface area contributed by atoms with Gasteiger partial charge in [0, 0.05) is 13.1 Å². The largest absolute Gasteiger partial charge is 0.469 e. The number of carbonyl (C=O) groups excluding carboxylic acids is 2. The monoisotopic (exact) mass is 364 g/mol. The molecule has 5 heteroatoms. The second-order valence-electron chi connectivity index (χ2n) is 9.53. The Bertz CT molecular complexity index is 496. The van der Waals surface area contributed by atoms with Crippen molar-refractivity contribution in [3.63, 3.8) is 0 Å². The van der Waals surface area contributed by atoms with Gasteiger partial charge in [-0.05, 0) is 83.3 Å². The first-order valence-electron chi connectivity index (χ1n) is 10.3. The van der Waals surface area contributed by atoms with Gasteiger partial charge in [0.05, 0.1) is 18.4 Å². The molecule has 4 aliphatic carbocycles. The summed E-state index contributed by atoms with van der Waals surface area (Å²) in [5.74, 6) is 2.11. The maximum Gasteiger partial charge on any atom is 0.310 e. The maximum absolute atomic E-state index is 13.7. The van der Waals surface area contributed by atoms with Crippen molar-refractivity contribution >= 4 is 11.9 Å². The zero-order valence-electron chi connectivity index (χ0n) is 17.0. The van der Waals surface area contributed by atoms with E-state index in [0.29, 0.717) is 12.5 Å². The zero-order chi connectivity index (χ0) is 18.9. The molecule has 1 amide bonds. The second kappa shape index (κ2) is 7.87. The number of methoxy groups -OCH3 is 1. The summed E-state index contributed by atoms with van der Waals surface area (Å²) in [4.78, 5) is 29.8. The Labute approximate surface area is 158 Å². The van der Waals surface area contributed by atoms with E-state index >= 15 is 0 Å². The van der Waals surface area contributed by atoms with Crippen molar-refractivity contribution in [1.29, 1.82) is 0 Å². The van der Waals surface area contributed by atoms with E-state index < -0.39 is 0 Å². The van der Waals surface area contributed by atoms with E-state index in [9.17, 15) is 9.59 Å². The van der Waals surface area contributed by atoms with Crippen molar-refractivity contribution in [2.75, 3.05) is 40.8 Å². The number of amides is 1. The molecule has 0 aromatic carbocycles. The number of esters is 1. The molecular formula is C21H36N2O3. The highest BCUT2D eigenvalue weighted by atomic mass is 16.5. The van der Waals surface area contributed by atoms with Crippen LogP contribution in [0.2, 0.25) is 0 Å². The predicted octanol–water partition coefficient (Wildman–Crippen LogP) is 2.79. The summed E-state index contributed by atoms with van der Waals surface area (Å²) in [6.07, 6.45) is 8.19. The van der Waals surface area contributed by atoms with Crippen LogP contribution in [-0.4, -0.2) is 62.5 Å². The van der Waals surface area contributed by atoms with Crippen LogP contribution in [0, 0.1) is 29.1 Å². The van der Waals surface area contributed by atoms with Crippen molar-refractivity contribution < 1.29 is 14.3 Å². The highest BCUT2D eigenvalue weighted by molar-refractivity contribution is 5.84. The maximum atomic E-state index is 13.7. The number of rotatable bonds is 8. The number of nitrogens with zero attached hydrogens (tertiary/aromatic N) is 2. The molecule has 4 aliphatic rings. The molecule has 0 N–H and O–H groups in total. The lowest BCUT2D eigenvalue weighted by atomic mass is 9.49. The Morgan fingerprint density at radius 1 is 1.04 bits per heavy atom. The summed E-state index contributed by atoms with van der Waals surface area (Å²) < 4.78 is 4.90. The fourth-order valence-corrected chi connectivity index (χ4v) is 6.17. The molecule has 26 heavy (non-hydrogen) atoms. The van der Waals surface area contributed by atoms with Gasteiger partial charge < -0.3 is 14.5 Å². The predicted molar refractivity (Wildman–Crippen MR) is 102 cm³/mol. The minimum absolute atomic E-state index is 0.136. The molecule has 4 rings (SSSR count). The average molecular weight is 365 g/mol. The van der Waals surface area contributed by atoms with Crippen LogP contribution in [0.15, 0.2) is 0 Å².